The van der Waals surface area contributed by atoms with Gasteiger partial charge in [0.25, 0.3) is 0 Å². The lowest BCUT2D eigenvalue weighted by Gasteiger charge is -2.24. The van der Waals surface area contributed by atoms with Crippen LogP contribution in [0.25, 0.3) is 21.7 Å². The molecule has 8 heteroatoms. The van der Waals surface area contributed by atoms with E-state index < -0.39 is 30.6 Å². The fourth-order valence-corrected chi connectivity index (χ4v) is 6.00. The van der Waals surface area contributed by atoms with Crippen LogP contribution in [-0.4, -0.2) is 25.0 Å². The monoisotopic (exact) mass is 474 g/mol. The molecule has 0 unspecified atom stereocenters. The summed E-state index contributed by atoms with van der Waals surface area (Å²) in [4.78, 5) is 13.1. The van der Waals surface area contributed by atoms with E-state index in [4.69, 9.17) is 17.7 Å². The van der Waals surface area contributed by atoms with E-state index in [0.29, 0.717) is 16.7 Å². The highest BCUT2D eigenvalue weighted by Crippen LogP contribution is 2.38. The smallest absolute Gasteiger partial charge is 0.347 e. The van der Waals surface area contributed by atoms with Crippen molar-refractivity contribution in [2.24, 2.45) is 0 Å². The zero-order valence-corrected chi connectivity index (χ0v) is 23.4. The van der Waals surface area contributed by atoms with Crippen molar-refractivity contribution < 1.29 is 17.7 Å². The van der Waals surface area contributed by atoms with E-state index in [0.717, 1.165) is 27.8 Å². The van der Waals surface area contributed by atoms with Crippen molar-refractivity contribution in [1.29, 1.82) is 0 Å². The van der Waals surface area contributed by atoms with E-state index in [9.17, 15) is 4.79 Å². The molecule has 0 aliphatic carbocycles. The lowest BCUT2D eigenvalue weighted by molar-refractivity contribution is 0.530. The maximum Gasteiger partial charge on any atom is 0.347 e. The summed E-state index contributed by atoms with van der Waals surface area (Å²) in [5.41, 5.74) is 1.11. The van der Waals surface area contributed by atoms with Gasteiger partial charge < -0.3 is 17.7 Å². The maximum absolute atomic E-state index is 13.1. The summed E-state index contributed by atoms with van der Waals surface area (Å²) in [7, 11) is -5.63. The number of hydrogen-bond donors (Lipinski definition) is 0. The van der Waals surface area contributed by atoms with Crippen molar-refractivity contribution >= 4 is 46.7 Å². The number of fused-ring (bicyclic) bond motifs is 3. The summed E-state index contributed by atoms with van der Waals surface area (Å²) in [5.74, 6) is 2.01. The molecule has 0 amide bonds. The van der Waals surface area contributed by atoms with Crippen LogP contribution in [0.5, 0.6) is 17.2 Å². The second kappa shape index (κ2) is 7.83. The molecule has 0 spiro atoms. The first-order chi connectivity index (χ1) is 14.0. The van der Waals surface area contributed by atoms with Crippen LogP contribution >= 0.6 is 0 Å². The predicted molar refractivity (Wildman–Crippen MR) is 137 cm³/mol. The van der Waals surface area contributed by atoms with Gasteiger partial charge in [-0.2, -0.15) is 0 Å². The predicted octanol–water partition coefficient (Wildman–Crippen LogP) is 6.90. The maximum atomic E-state index is 13.1. The summed E-state index contributed by atoms with van der Waals surface area (Å²) in [6.45, 7) is 21.1. The van der Waals surface area contributed by atoms with Gasteiger partial charge in [0.05, 0.1) is 0 Å². The molecule has 1 heterocycles. The van der Waals surface area contributed by atoms with Gasteiger partial charge in [0, 0.05) is 22.9 Å². The molecule has 0 bridgehead atoms. The molecule has 5 nitrogen and oxygen atoms in total. The third-order valence-electron chi connectivity index (χ3n) is 4.29. The summed E-state index contributed by atoms with van der Waals surface area (Å²) >= 11 is 0. The third-order valence-corrected chi connectivity index (χ3v) is 6.82. The highest BCUT2D eigenvalue weighted by atomic mass is 28.4. The zero-order chi connectivity index (χ0) is 23.4. The number of hydrogen-bond acceptors (Lipinski definition) is 5. The van der Waals surface area contributed by atoms with Crippen LogP contribution in [0, 0.1) is 6.92 Å². The van der Waals surface area contributed by atoms with E-state index in [-0.39, 0.29) is 0 Å². The Hall–Kier alpha value is -2.04. The highest BCUT2D eigenvalue weighted by molar-refractivity contribution is 6.71. The van der Waals surface area contributed by atoms with Crippen molar-refractivity contribution in [2.75, 3.05) is 0 Å². The van der Waals surface area contributed by atoms with Crippen molar-refractivity contribution in [2.45, 2.75) is 65.8 Å². The van der Waals surface area contributed by atoms with Gasteiger partial charge in [0.2, 0.25) is 25.0 Å². The molecular formula is C23H34O5Si3. The van der Waals surface area contributed by atoms with E-state index in [1.54, 1.807) is 0 Å². The molecule has 3 rings (SSSR count). The van der Waals surface area contributed by atoms with Crippen molar-refractivity contribution in [3.05, 3.63) is 40.2 Å². The molecule has 2 aromatic carbocycles. The molecule has 1 aromatic heterocycles. The van der Waals surface area contributed by atoms with Crippen LogP contribution in [-0.2, 0) is 0 Å². The van der Waals surface area contributed by atoms with Crippen LogP contribution < -0.4 is 18.9 Å². The van der Waals surface area contributed by atoms with Crippen LogP contribution in [0.2, 0.25) is 58.9 Å². The van der Waals surface area contributed by atoms with Crippen molar-refractivity contribution in [1.82, 2.24) is 0 Å². The Balaban J connectivity index is 2.37. The largest absolute Gasteiger partial charge is 0.544 e. The Morgan fingerprint density at radius 2 is 1.19 bits per heavy atom. The molecule has 0 saturated heterocycles. The fourth-order valence-electron chi connectivity index (χ4n) is 3.53. The Morgan fingerprint density at radius 1 is 0.677 bits per heavy atom. The lowest BCUT2D eigenvalue weighted by atomic mass is 10.0. The number of aryl methyl sites for hydroxylation is 1. The van der Waals surface area contributed by atoms with Crippen molar-refractivity contribution in [3.8, 4) is 17.2 Å². The Labute approximate surface area is 187 Å². The van der Waals surface area contributed by atoms with Gasteiger partial charge in [0.1, 0.15) is 28.2 Å². The van der Waals surface area contributed by atoms with E-state index >= 15 is 0 Å². The molecule has 31 heavy (non-hydrogen) atoms. The molecule has 0 aliphatic heterocycles. The van der Waals surface area contributed by atoms with Gasteiger partial charge in [-0.15, -0.1) is 0 Å². The first-order valence-electron chi connectivity index (χ1n) is 10.6. The molecule has 0 radical (unpaired) electrons. The summed E-state index contributed by atoms with van der Waals surface area (Å²) in [5, 5.41) is 2.16. The average molecular weight is 475 g/mol. The summed E-state index contributed by atoms with van der Waals surface area (Å²) < 4.78 is 24.6. The lowest BCUT2D eigenvalue weighted by Crippen LogP contribution is -2.31. The van der Waals surface area contributed by atoms with Gasteiger partial charge in [0.15, 0.2) is 0 Å². The van der Waals surface area contributed by atoms with Gasteiger partial charge in [-0.1, -0.05) is 0 Å². The molecule has 0 fully saturated rings. The quantitative estimate of drug-likeness (QED) is 0.221. The number of benzene rings is 2. The Kier molecular flexibility index (Phi) is 5.96. The minimum absolute atomic E-state index is 0.403. The topological polar surface area (TPSA) is 57.9 Å². The highest BCUT2D eigenvalue weighted by Gasteiger charge is 2.25. The van der Waals surface area contributed by atoms with Crippen molar-refractivity contribution in [3.63, 3.8) is 0 Å². The molecule has 0 atom stereocenters. The number of rotatable bonds is 6. The van der Waals surface area contributed by atoms with E-state index in [1.807, 2.05) is 31.2 Å². The molecule has 0 saturated carbocycles. The Bertz CT molecular complexity index is 1190. The molecular weight excluding hydrogens is 441 g/mol. The Morgan fingerprint density at radius 3 is 1.71 bits per heavy atom. The first-order valence-corrected chi connectivity index (χ1v) is 20.9. The van der Waals surface area contributed by atoms with Gasteiger partial charge in [-0.25, -0.2) is 4.79 Å². The fraction of sp³-hybridized carbons (Fsp3) is 0.435. The summed E-state index contributed by atoms with van der Waals surface area (Å²) in [6.07, 6.45) is 0. The normalized spacial score (nSPS) is 13.0. The van der Waals surface area contributed by atoms with Crippen LogP contribution in [0.1, 0.15) is 5.56 Å². The second-order valence-electron chi connectivity index (χ2n) is 11.0. The van der Waals surface area contributed by atoms with Gasteiger partial charge >= 0.3 is 5.63 Å². The standard InChI is InChI=1S/C23H34O5Si3/c1-15-11-16(26-29(2,3)4)13-19-21(15)18-12-17(27-30(5,6)7)14-20(28-31(8,9)10)22(18)23(24)25-19/h11-14H,1-10H3. The van der Waals surface area contributed by atoms with Gasteiger partial charge in [-0.3, -0.25) is 0 Å². The second-order valence-corrected chi connectivity index (χ2v) is 24.3. The zero-order valence-electron chi connectivity index (χ0n) is 20.4. The van der Waals surface area contributed by atoms with Crippen LogP contribution in [0.3, 0.4) is 0 Å². The average Bonchev–Trinajstić information content (AvgIpc) is 2.48. The van der Waals surface area contributed by atoms with E-state index in [1.165, 1.54) is 0 Å². The SMILES string of the molecule is Cc1cc(O[Si](C)(C)C)cc2oc(=O)c3c(O[Si](C)(C)C)cc(O[Si](C)(C)C)cc3c12. The van der Waals surface area contributed by atoms with Crippen LogP contribution in [0.15, 0.2) is 33.5 Å². The van der Waals surface area contributed by atoms with E-state index in [2.05, 4.69) is 58.9 Å². The first kappa shape index (κ1) is 23.6. The third kappa shape index (κ3) is 5.81. The summed E-state index contributed by atoms with van der Waals surface area (Å²) in [6, 6.07) is 7.65. The molecule has 0 N–H and O–H groups in total. The molecule has 3 aromatic rings. The minimum Gasteiger partial charge on any atom is -0.544 e. The van der Waals surface area contributed by atoms with Crippen LogP contribution in [0.4, 0.5) is 0 Å². The minimum atomic E-state index is -1.98. The molecule has 168 valence electrons. The molecule has 0 aliphatic rings. The van der Waals surface area contributed by atoms with Gasteiger partial charge in [-0.05, 0) is 83.5 Å².